The summed E-state index contributed by atoms with van der Waals surface area (Å²) in [4.78, 5) is 19.6. The van der Waals surface area contributed by atoms with Crippen LogP contribution in [0.4, 0.5) is 13.2 Å². The number of aromatic nitrogens is 4. The molecule has 0 spiro atoms. The fourth-order valence-electron chi connectivity index (χ4n) is 2.72. The minimum atomic E-state index is -4.51. The Morgan fingerprint density at radius 3 is 2.76 bits per heavy atom. The highest BCUT2D eigenvalue weighted by molar-refractivity contribution is 6.32. The molecule has 0 radical (unpaired) electrons. The molecule has 4 aromatic rings. The number of ether oxygens (including phenoxy) is 1. The molecule has 0 amide bonds. The molecule has 3 heterocycles. The van der Waals surface area contributed by atoms with E-state index in [2.05, 4.69) is 15.1 Å². The van der Waals surface area contributed by atoms with Gasteiger partial charge in [-0.2, -0.15) is 22.8 Å². The number of alkyl halides is 3. The van der Waals surface area contributed by atoms with Crippen LogP contribution in [0.3, 0.4) is 0 Å². The molecule has 0 saturated carbocycles. The Morgan fingerprint density at radius 1 is 1.28 bits per heavy atom. The van der Waals surface area contributed by atoms with Crippen molar-refractivity contribution in [1.82, 2.24) is 19.6 Å². The summed E-state index contributed by atoms with van der Waals surface area (Å²) in [6, 6.07) is 5.53. The zero-order valence-electron chi connectivity index (χ0n) is 14.7. The molecule has 0 atom stereocenters. The molecule has 29 heavy (non-hydrogen) atoms. The van der Waals surface area contributed by atoms with E-state index in [9.17, 15) is 18.0 Å². The van der Waals surface area contributed by atoms with Crippen molar-refractivity contribution in [1.29, 1.82) is 0 Å². The minimum Gasteiger partial charge on any atom is -0.483 e. The number of hydrogen-bond acceptors (Lipinski definition) is 5. The van der Waals surface area contributed by atoms with Crippen molar-refractivity contribution in [2.45, 2.75) is 13.1 Å². The normalized spacial score (nSPS) is 11.9. The van der Waals surface area contributed by atoms with Crippen LogP contribution >= 0.6 is 11.6 Å². The summed E-state index contributed by atoms with van der Waals surface area (Å²) in [5.41, 5.74) is 1.07. The first-order valence-electron chi connectivity index (χ1n) is 8.24. The second-order valence-electron chi connectivity index (χ2n) is 6.17. The van der Waals surface area contributed by atoms with Crippen LogP contribution in [0.15, 0.2) is 45.9 Å². The molecule has 0 aliphatic heterocycles. The lowest BCUT2D eigenvalue weighted by molar-refractivity contribution is -0.153. The second kappa shape index (κ2) is 6.96. The van der Waals surface area contributed by atoms with Gasteiger partial charge >= 0.3 is 6.18 Å². The van der Waals surface area contributed by atoms with Gasteiger partial charge in [0.25, 0.3) is 5.56 Å². The van der Waals surface area contributed by atoms with Crippen LogP contribution in [0.25, 0.3) is 28.4 Å². The van der Waals surface area contributed by atoms with Crippen LogP contribution in [-0.2, 0) is 0 Å². The minimum absolute atomic E-state index is 0.0155. The molecular weight excluding hydrogens is 413 g/mol. The third-order valence-corrected chi connectivity index (χ3v) is 4.30. The SMILES string of the molecule is Cc1cnc(-c2cnn3c(=O)cc(-c4ccc(Cl)c(OCC(F)(F)F)c4)[nH]c23)o1. The smallest absolute Gasteiger partial charge is 0.422 e. The van der Waals surface area contributed by atoms with Gasteiger partial charge in [0.1, 0.15) is 17.1 Å². The number of fused-ring (bicyclic) bond motifs is 1. The predicted molar refractivity (Wildman–Crippen MR) is 98.0 cm³/mol. The molecule has 0 fully saturated rings. The first-order valence-corrected chi connectivity index (χ1v) is 8.62. The molecular formula is C18H12ClF3N4O3. The Balaban J connectivity index is 1.79. The Kier molecular flexibility index (Phi) is 4.58. The fourth-order valence-corrected chi connectivity index (χ4v) is 2.89. The van der Waals surface area contributed by atoms with Gasteiger partial charge in [0, 0.05) is 11.6 Å². The van der Waals surface area contributed by atoms with E-state index >= 15 is 0 Å². The topological polar surface area (TPSA) is 85.4 Å². The molecule has 1 N–H and O–H groups in total. The molecule has 3 aromatic heterocycles. The third kappa shape index (κ3) is 3.83. The quantitative estimate of drug-likeness (QED) is 0.529. The van der Waals surface area contributed by atoms with E-state index < -0.39 is 18.3 Å². The van der Waals surface area contributed by atoms with Crippen LogP contribution in [0.2, 0.25) is 5.02 Å². The monoisotopic (exact) mass is 424 g/mol. The molecule has 0 unspecified atom stereocenters. The van der Waals surface area contributed by atoms with Crippen molar-refractivity contribution in [2.24, 2.45) is 0 Å². The largest absolute Gasteiger partial charge is 0.483 e. The van der Waals surface area contributed by atoms with E-state index in [1.807, 2.05) is 0 Å². The van der Waals surface area contributed by atoms with Crippen molar-refractivity contribution in [3.05, 3.63) is 57.8 Å². The van der Waals surface area contributed by atoms with Gasteiger partial charge in [0.15, 0.2) is 12.3 Å². The summed E-state index contributed by atoms with van der Waals surface area (Å²) in [6.07, 6.45) is -1.54. The highest BCUT2D eigenvalue weighted by Crippen LogP contribution is 2.32. The Bertz CT molecular complexity index is 1260. The number of nitrogens with zero attached hydrogens (tertiary/aromatic N) is 3. The number of halogens is 4. The van der Waals surface area contributed by atoms with E-state index in [-0.39, 0.29) is 16.7 Å². The Labute approximate surface area is 165 Å². The number of oxazole rings is 1. The summed E-state index contributed by atoms with van der Waals surface area (Å²) < 4.78 is 48.8. The van der Waals surface area contributed by atoms with Crippen LogP contribution in [-0.4, -0.2) is 32.4 Å². The molecule has 150 valence electrons. The van der Waals surface area contributed by atoms with E-state index in [0.717, 1.165) is 4.52 Å². The lowest BCUT2D eigenvalue weighted by atomic mass is 10.1. The molecule has 1 aromatic carbocycles. The highest BCUT2D eigenvalue weighted by Gasteiger charge is 2.29. The van der Waals surface area contributed by atoms with Crippen molar-refractivity contribution >= 4 is 17.2 Å². The van der Waals surface area contributed by atoms with Crippen LogP contribution in [0.5, 0.6) is 5.75 Å². The predicted octanol–water partition coefficient (Wildman–Crippen LogP) is 4.25. The van der Waals surface area contributed by atoms with Crippen molar-refractivity contribution in [3.8, 4) is 28.5 Å². The van der Waals surface area contributed by atoms with Gasteiger partial charge in [-0.25, -0.2) is 4.98 Å². The van der Waals surface area contributed by atoms with E-state index in [4.69, 9.17) is 20.8 Å². The van der Waals surface area contributed by atoms with Crippen molar-refractivity contribution < 1.29 is 22.3 Å². The van der Waals surface area contributed by atoms with Crippen LogP contribution in [0.1, 0.15) is 5.76 Å². The molecule has 11 heteroatoms. The standard InChI is InChI=1S/C18H12ClF3N4O3/c1-9-6-23-17(29-9)11-7-24-26-15(27)5-13(25-16(11)26)10-2-3-12(19)14(4-10)28-8-18(20,21)22/h2-7,25H,8H2,1H3. The lowest BCUT2D eigenvalue weighted by Gasteiger charge is -2.12. The summed E-state index contributed by atoms with van der Waals surface area (Å²) in [5.74, 6) is 0.705. The maximum absolute atomic E-state index is 12.5. The molecule has 0 saturated heterocycles. The van der Waals surface area contributed by atoms with Crippen LogP contribution in [0, 0.1) is 6.92 Å². The van der Waals surface area contributed by atoms with Gasteiger partial charge in [0.2, 0.25) is 5.89 Å². The van der Waals surface area contributed by atoms with Crippen molar-refractivity contribution in [3.63, 3.8) is 0 Å². The summed E-state index contributed by atoms with van der Waals surface area (Å²) >= 11 is 5.93. The van der Waals surface area contributed by atoms with Gasteiger partial charge in [-0.3, -0.25) is 4.79 Å². The molecule has 0 aliphatic rings. The van der Waals surface area contributed by atoms with Gasteiger partial charge in [0.05, 0.1) is 23.1 Å². The fraction of sp³-hybridized carbons (Fsp3) is 0.167. The Hall–Kier alpha value is -3.27. The van der Waals surface area contributed by atoms with Gasteiger partial charge in [-0.05, 0) is 19.1 Å². The molecule has 0 bridgehead atoms. The van der Waals surface area contributed by atoms with Crippen molar-refractivity contribution in [2.75, 3.05) is 6.61 Å². The maximum Gasteiger partial charge on any atom is 0.422 e. The zero-order chi connectivity index (χ0) is 20.8. The summed E-state index contributed by atoms with van der Waals surface area (Å²) in [7, 11) is 0. The number of H-pyrrole nitrogens is 1. The van der Waals surface area contributed by atoms with E-state index in [0.29, 0.717) is 28.2 Å². The number of aromatic amines is 1. The van der Waals surface area contributed by atoms with E-state index in [1.54, 1.807) is 13.0 Å². The first-order chi connectivity index (χ1) is 13.7. The third-order valence-electron chi connectivity index (χ3n) is 3.98. The number of hydrogen-bond donors (Lipinski definition) is 1. The number of aryl methyl sites for hydroxylation is 1. The average molecular weight is 425 g/mol. The molecule has 0 aliphatic carbocycles. The number of benzene rings is 1. The lowest BCUT2D eigenvalue weighted by Crippen LogP contribution is -2.19. The maximum atomic E-state index is 12.5. The molecule has 4 rings (SSSR count). The zero-order valence-corrected chi connectivity index (χ0v) is 15.5. The van der Waals surface area contributed by atoms with Gasteiger partial charge < -0.3 is 14.1 Å². The first kappa shape index (κ1) is 19.1. The number of rotatable bonds is 4. The summed E-state index contributed by atoms with van der Waals surface area (Å²) in [5, 5.41) is 4.04. The number of nitrogens with one attached hydrogen (secondary N) is 1. The molecule has 7 nitrogen and oxygen atoms in total. The Morgan fingerprint density at radius 2 is 2.07 bits per heavy atom. The second-order valence-corrected chi connectivity index (χ2v) is 6.57. The van der Waals surface area contributed by atoms with E-state index in [1.165, 1.54) is 30.6 Å². The van der Waals surface area contributed by atoms with Crippen LogP contribution < -0.4 is 10.3 Å². The highest BCUT2D eigenvalue weighted by atomic mass is 35.5. The van der Waals surface area contributed by atoms with Gasteiger partial charge in [-0.15, -0.1) is 0 Å². The average Bonchev–Trinajstić information content (AvgIpc) is 3.26. The summed E-state index contributed by atoms with van der Waals surface area (Å²) in [6.45, 7) is 0.245. The van der Waals surface area contributed by atoms with Gasteiger partial charge in [-0.1, -0.05) is 17.7 Å².